The number of hydroxylamine groups is 1. The Labute approximate surface area is 102 Å². The molecule has 0 spiro atoms. The molecule has 2 heterocycles. The van der Waals surface area contributed by atoms with Gasteiger partial charge in [0, 0.05) is 17.4 Å². The third-order valence-corrected chi connectivity index (χ3v) is 4.42. The molecule has 1 saturated heterocycles. The van der Waals surface area contributed by atoms with E-state index >= 15 is 0 Å². The van der Waals surface area contributed by atoms with Crippen LogP contribution in [0.15, 0.2) is 18.2 Å². The molecule has 1 aromatic rings. The van der Waals surface area contributed by atoms with E-state index < -0.39 is 0 Å². The SMILES string of the molecule is COc1cccc2c1CC1N2OC(C)C1(C)C. The molecular weight excluding hydrogens is 214 g/mol. The van der Waals surface area contributed by atoms with Gasteiger partial charge in [0.25, 0.3) is 0 Å². The summed E-state index contributed by atoms with van der Waals surface area (Å²) in [5.74, 6) is 0.976. The number of methoxy groups -OCH3 is 1. The maximum Gasteiger partial charge on any atom is 0.124 e. The topological polar surface area (TPSA) is 21.7 Å². The van der Waals surface area contributed by atoms with E-state index in [0.717, 1.165) is 12.2 Å². The van der Waals surface area contributed by atoms with E-state index in [0.29, 0.717) is 6.04 Å². The third-order valence-electron chi connectivity index (χ3n) is 4.42. The molecule has 1 fully saturated rings. The van der Waals surface area contributed by atoms with Crippen molar-refractivity contribution in [1.82, 2.24) is 0 Å². The van der Waals surface area contributed by atoms with Crippen LogP contribution >= 0.6 is 0 Å². The van der Waals surface area contributed by atoms with Crippen LogP contribution in [0.3, 0.4) is 0 Å². The van der Waals surface area contributed by atoms with Gasteiger partial charge in [-0.2, -0.15) is 0 Å². The number of benzene rings is 1. The largest absolute Gasteiger partial charge is 0.496 e. The van der Waals surface area contributed by atoms with Crippen LogP contribution in [-0.4, -0.2) is 19.3 Å². The summed E-state index contributed by atoms with van der Waals surface area (Å²) in [5.41, 5.74) is 2.62. The molecule has 0 saturated carbocycles. The summed E-state index contributed by atoms with van der Waals surface area (Å²) in [6.45, 7) is 6.71. The fraction of sp³-hybridized carbons (Fsp3) is 0.571. The highest BCUT2D eigenvalue weighted by Crippen LogP contribution is 2.50. The summed E-state index contributed by atoms with van der Waals surface area (Å²) < 4.78 is 5.44. The molecule has 0 N–H and O–H groups in total. The van der Waals surface area contributed by atoms with E-state index in [-0.39, 0.29) is 11.5 Å². The molecule has 17 heavy (non-hydrogen) atoms. The fourth-order valence-electron chi connectivity index (χ4n) is 2.87. The lowest BCUT2D eigenvalue weighted by atomic mass is 9.79. The lowest BCUT2D eigenvalue weighted by Crippen LogP contribution is -2.35. The minimum atomic E-state index is 0.171. The van der Waals surface area contributed by atoms with Crippen molar-refractivity contribution >= 4 is 5.69 Å². The first kappa shape index (κ1) is 10.9. The van der Waals surface area contributed by atoms with Crippen LogP contribution in [0.2, 0.25) is 0 Å². The zero-order valence-electron chi connectivity index (χ0n) is 10.9. The summed E-state index contributed by atoms with van der Waals surface area (Å²) in [6, 6.07) is 6.59. The van der Waals surface area contributed by atoms with Crippen LogP contribution in [0.1, 0.15) is 26.3 Å². The molecule has 1 aromatic carbocycles. The smallest absolute Gasteiger partial charge is 0.124 e. The summed E-state index contributed by atoms with van der Waals surface area (Å²) in [4.78, 5) is 6.00. The van der Waals surface area contributed by atoms with Gasteiger partial charge in [0.15, 0.2) is 0 Å². The Morgan fingerprint density at radius 1 is 1.41 bits per heavy atom. The van der Waals surface area contributed by atoms with E-state index in [1.54, 1.807) is 7.11 Å². The number of hydrogen-bond donors (Lipinski definition) is 0. The molecule has 0 aromatic heterocycles. The van der Waals surface area contributed by atoms with Crippen molar-refractivity contribution in [3.8, 4) is 5.75 Å². The first-order valence-electron chi connectivity index (χ1n) is 6.17. The highest BCUT2D eigenvalue weighted by Gasteiger charge is 2.51. The summed E-state index contributed by atoms with van der Waals surface area (Å²) in [7, 11) is 1.73. The molecule has 0 bridgehead atoms. The van der Waals surface area contributed by atoms with Gasteiger partial charge in [0.05, 0.1) is 24.9 Å². The first-order chi connectivity index (χ1) is 8.05. The fourth-order valence-corrected chi connectivity index (χ4v) is 2.87. The second-order valence-corrected chi connectivity index (χ2v) is 5.57. The molecular formula is C14H19NO2. The predicted octanol–water partition coefficient (Wildman–Crippen LogP) is 2.79. The second kappa shape index (κ2) is 3.39. The van der Waals surface area contributed by atoms with Gasteiger partial charge >= 0.3 is 0 Å². The van der Waals surface area contributed by atoms with Crippen LogP contribution < -0.4 is 9.80 Å². The molecule has 0 aliphatic carbocycles. The minimum Gasteiger partial charge on any atom is -0.496 e. The number of anilines is 1. The highest BCUT2D eigenvalue weighted by molar-refractivity contribution is 5.64. The maximum absolute atomic E-state index is 6.00. The van der Waals surface area contributed by atoms with E-state index in [9.17, 15) is 0 Å². The molecule has 92 valence electrons. The van der Waals surface area contributed by atoms with Crippen molar-refractivity contribution < 1.29 is 9.57 Å². The Morgan fingerprint density at radius 3 is 2.88 bits per heavy atom. The van der Waals surface area contributed by atoms with Crippen LogP contribution in [0.4, 0.5) is 5.69 Å². The molecule has 2 atom stereocenters. The maximum atomic E-state index is 6.00. The average Bonchev–Trinajstić information content (AvgIpc) is 2.77. The zero-order chi connectivity index (χ0) is 12.2. The third kappa shape index (κ3) is 1.32. The van der Waals surface area contributed by atoms with Gasteiger partial charge in [-0.05, 0) is 19.1 Å². The lowest BCUT2D eigenvalue weighted by Gasteiger charge is -2.26. The van der Waals surface area contributed by atoms with Crippen molar-refractivity contribution in [3.63, 3.8) is 0 Å². The lowest BCUT2D eigenvalue weighted by molar-refractivity contribution is 0.0626. The second-order valence-electron chi connectivity index (χ2n) is 5.57. The molecule has 0 radical (unpaired) electrons. The Bertz CT molecular complexity index is 456. The van der Waals surface area contributed by atoms with Crippen molar-refractivity contribution in [2.45, 2.75) is 39.3 Å². The highest BCUT2D eigenvalue weighted by atomic mass is 16.7. The number of fused-ring (bicyclic) bond motifs is 3. The van der Waals surface area contributed by atoms with Gasteiger partial charge < -0.3 is 4.74 Å². The normalized spacial score (nSPS) is 29.1. The van der Waals surface area contributed by atoms with Gasteiger partial charge in [0.2, 0.25) is 0 Å². The average molecular weight is 233 g/mol. The molecule has 0 amide bonds. The zero-order valence-corrected chi connectivity index (χ0v) is 10.9. The van der Waals surface area contributed by atoms with Crippen LogP contribution in [0.5, 0.6) is 5.75 Å². The van der Waals surface area contributed by atoms with E-state index in [1.165, 1.54) is 11.3 Å². The van der Waals surface area contributed by atoms with Gasteiger partial charge in [-0.15, -0.1) is 0 Å². The molecule has 3 rings (SSSR count). The summed E-state index contributed by atoms with van der Waals surface area (Å²) >= 11 is 0. The molecule has 3 nitrogen and oxygen atoms in total. The first-order valence-corrected chi connectivity index (χ1v) is 6.17. The molecule has 2 aliphatic rings. The number of ether oxygens (including phenoxy) is 1. The predicted molar refractivity (Wildman–Crippen MR) is 67.3 cm³/mol. The van der Waals surface area contributed by atoms with Gasteiger partial charge in [-0.3, -0.25) is 4.84 Å². The van der Waals surface area contributed by atoms with Crippen LogP contribution in [0.25, 0.3) is 0 Å². The Morgan fingerprint density at radius 2 is 2.18 bits per heavy atom. The van der Waals surface area contributed by atoms with Crippen molar-refractivity contribution in [2.24, 2.45) is 5.41 Å². The number of nitrogens with zero attached hydrogens (tertiary/aromatic N) is 1. The Hall–Kier alpha value is -1.22. The van der Waals surface area contributed by atoms with E-state index in [1.807, 2.05) is 12.1 Å². The monoisotopic (exact) mass is 233 g/mol. The van der Waals surface area contributed by atoms with Crippen molar-refractivity contribution in [3.05, 3.63) is 23.8 Å². The van der Waals surface area contributed by atoms with Crippen LogP contribution in [-0.2, 0) is 11.3 Å². The number of rotatable bonds is 1. The van der Waals surface area contributed by atoms with Crippen molar-refractivity contribution in [1.29, 1.82) is 0 Å². The number of hydrogen-bond acceptors (Lipinski definition) is 3. The summed E-state index contributed by atoms with van der Waals surface area (Å²) in [6.07, 6.45) is 1.27. The van der Waals surface area contributed by atoms with E-state index in [4.69, 9.17) is 9.57 Å². The van der Waals surface area contributed by atoms with Gasteiger partial charge in [-0.25, -0.2) is 5.06 Å². The molecule has 3 heteroatoms. The van der Waals surface area contributed by atoms with Gasteiger partial charge in [-0.1, -0.05) is 19.9 Å². The van der Waals surface area contributed by atoms with Crippen molar-refractivity contribution in [2.75, 3.05) is 12.2 Å². The quantitative estimate of drug-likeness (QED) is 0.744. The standard InChI is InChI=1S/C14H19NO2/c1-9-14(2,3)13-8-10-11(15(13)17-9)6-5-7-12(10)16-4/h5-7,9,13H,8H2,1-4H3. The van der Waals surface area contributed by atoms with E-state index in [2.05, 4.69) is 31.9 Å². The minimum absolute atomic E-state index is 0.171. The Balaban J connectivity index is 2.06. The molecule has 2 aliphatic heterocycles. The van der Waals surface area contributed by atoms with Crippen LogP contribution in [0, 0.1) is 5.41 Å². The molecule has 2 unspecified atom stereocenters. The summed E-state index contributed by atoms with van der Waals surface area (Å²) in [5, 5.41) is 2.09. The van der Waals surface area contributed by atoms with Gasteiger partial charge in [0.1, 0.15) is 5.75 Å². The Kier molecular flexibility index (Phi) is 2.17.